The van der Waals surface area contributed by atoms with E-state index >= 15 is 0 Å². The van der Waals surface area contributed by atoms with Gasteiger partial charge in [0, 0.05) is 13.0 Å². The minimum atomic E-state index is 0.661. The van der Waals surface area contributed by atoms with Crippen molar-refractivity contribution in [3.05, 3.63) is 0 Å². The van der Waals surface area contributed by atoms with Crippen LogP contribution in [0.25, 0.3) is 0 Å². The quantitative estimate of drug-likeness (QED) is 0.563. The van der Waals surface area contributed by atoms with E-state index in [4.69, 9.17) is 5.26 Å². The van der Waals surface area contributed by atoms with Gasteiger partial charge in [-0.3, -0.25) is 0 Å². The van der Waals surface area contributed by atoms with Crippen molar-refractivity contribution in [1.29, 1.82) is 5.26 Å². The lowest BCUT2D eigenvalue weighted by Gasteiger charge is -2.18. The molecule has 0 fully saturated rings. The summed E-state index contributed by atoms with van der Waals surface area (Å²) >= 11 is 1.99. The summed E-state index contributed by atoms with van der Waals surface area (Å²) < 4.78 is 0. The van der Waals surface area contributed by atoms with Crippen LogP contribution in [0, 0.1) is 11.3 Å². The largest absolute Gasteiger partial charge is 0.303 e. The number of thioether (sulfide) groups is 1. The van der Waals surface area contributed by atoms with Gasteiger partial charge in [0.2, 0.25) is 0 Å². The molecule has 0 aromatic carbocycles. The first-order chi connectivity index (χ1) is 6.35. The zero-order valence-electron chi connectivity index (χ0n) is 8.75. The third-order valence-electron chi connectivity index (χ3n) is 1.95. The van der Waals surface area contributed by atoms with Crippen molar-refractivity contribution in [3.8, 4) is 6.07 Å². The molecule has 0 aromatic heterocycles. The van der Waals surface area contributed by atoms with Crippen LogP contribution < -0.4 is 0 Å². The number of nitrogens with zero attached hydrogens (tertiary/aromatic N) is 2. The van der Waals surface area contributed by atoms with E-state index in [0.717, 1.165) is 19.6 Å². The molecular weight excluding hydrogens is 180 g/mol. The molecule has 13 heavy (non-hydrogen) atoms. The first-order valence-corrected chi connectivity index (χ1v) is 6.17. The third-order valence-corrected chi connectivity index (χ3v) is 2.94. The van der Waals surface area contributed by atoms with Crippen molar-refractivity contribution in [2.45, 2.75) is 26.7 Å². The molecule has 0 amide bonds. The Morgan fingerprint density at radius 1 is 1.31 bits per heavy atom. The number of rotatable bonds is 8. The third kappa shape index (κ3) is 8.14. The Bertz CT molecular complexity index is 142. The van der Waals surface area contributed by atoms with Gasteiger partial charge in [-0.15, -0.1) is 0 Å². The van der Waals surface area contributed by atoms with Gasteiger partial charge in [-0.1, -0.05) is 13.8 Å². The smallest absolute Gasteiger partial charge is 0.0635 e. The monoisotopic (exact) mass is 200 g/mol. The lowest BCUT2D eigenvalue weighted by molar-refractivity contribution is 0.296. The molecule has 0 unspecified atom stereocenters. The highest BCUT2D eigenvalue weighted by atomic mass is 32.2. The Morgan fingerprint density at radius 2 is 2.08 bits per heavy atom. The van der Waals surface area contributed by atoms with E-state index in [1.807, 2.05) is 11.8 Å². The molecule has 0 atom stereocenters. The summed E-state index contributed by atoms with van der Waals surface area (Å²) in [6.07, 6.45) is 1.91. The van der Waals surface area contributed by atoms with Gasteiger partial charge in [0.1, 0.15) is 0 Å². The van der Waals surface area contributed by atoms with Gasteiger partial charge in [0.15, 0.2) is 0 Å². The van der Waals surface area contributed by atoms with Crippen LogP contribution in [-0.4, -0.2) is 36.0 Å². The SMILES string of the molecule is CCSCCCN(CC)CCC#N. The molecule has 0 radical (unpaired) electrons. The first-order valence-electron chi connectivity index (χ1n) is 5.02. The van der Waals surface area contributed by atoms with Crippen LogP contribution in [0.2, 0.25) is 0 Å². The molecule has 76 valence electrons. The molecule has 0 saturated heterocycles. The van der Waals surface area contributed by atoms with Crippen LogP contribution >= 0.6 is 11.8 Å². The first kappa shape index (κ1) is 12.8. The van der Waals surface area contributed by atoms with E-state index in [-0.39, 0.29) is 0 Å². The second kappa shape index (κ2) is 9.88. The molecule has 0 aromatic rings. The van der Waals surface area contributed by atoms with E-state index in [9.17, 15) is 0 Å². The Hall–Kier alpha value is -0.200. The zero-order valence-corrected chi connectivity index (χ0v) is 9.57. The fourth-order valence-corrected chi connectivity index (χ4v) is 1.79. The Labute approximate surface area is 86.3 Å². The minimum absolute atomic E-state index is 0.661. The maximum Gasteiger partial charge on any atom is 0.0635 e. The van der Waals surface area contributed by atoms with Crippen LogP contribution in [-0.2, 0) is 0 Å². The summed E-state index contributed by atoms with van der Waals surface area (Å²) in [6, 6.07) is 2.19. The fraction of sp³-hybridized carbons (Fsp3) is 0.900. The summed E-state index contributed by atoms with van der Waals surface area (Å²) in [6.45, 7) is 7.50. The van der Waals surface area contributed by atoms with Crippen LogP contribution in [0.5, 0.6) is 0 Å². The van der Waals surface area contributed by atoms with Gasteiger partial charge in [-0.2, -0.15) is 17.0 Å². The molecule has 0 heterocycles. The van der Waals surface area contributed by atoms with Crippen LogP contribution in [0.15, 0.2) is 0 Å². The summed E-state index contributed by atoms with van der Waals surface area (Å²) in [4.78, 5) is 2.35. The second-order valence-corrected chi connectivity index (χ2v) is 4.29. The standard InChI is InChI=1S/C10H20N2S/c1-3-12(8-5-7-11)9-6-10-13-4-2/h3-6,8-10H2,1-2H3. The Morgan fingerprint density at radius 3 is 2.62 bits per heavy atom. The number of hydrogen-bond acceptors (Lipinski definition) is 3. The maximum absolute atomic E-state index is 8.44. The van der Waals surface area contributed by atoms with Gasteiger partial charge < -0.3 is 4.90 Å². The predicted molar refractivity (Wildman–Crippen MR) is 60.0 cm³/mol. The minimum Gasteiger partial charge on any atom is -0.303 e. The normalized spacial score (nSPS) is 10.3. The average Bonchev–Trinajstić information content (AvgIpc) is 2.17. The molecule has 0 N–H and O–H groups in total. The summed E-state index contributed by atoms with van der Waals surface area (Å²) in [7, 11) is 0. The van der Waals surface area contributed by atoms with Crippen molar-refractivity contribution in [1.82, 2.24) is 4.90 Å². The van der Waals surface area contributed by atoms with E-state index in [2.05, 4.69) is 24.8 Å². The van der Waals surface area contributed by atoms with Gasteiger partial charge in [0.25, 0.3) is 0 Å². The topological polar surface area (TPSA) is 27.0 Å². The molecule has 0 aliphatic carbocycles. The van der Waals surface area contributed by atoms with Gasteiger partial charge in [-0.05, 0) is 31.0 Å². The van der Waals surface area contributed by atoms with Crippen molar-refractivity contribution < 1.29 is 0 Å². The average molecular weight is 200 g/mol. The van der Waals surface area contributed by atoms with Crippen molar-refractivity contribution in [2.75, 3.05) is 31.1 Å². The molecule has 0 aliphatic rings. The fourth-order valence-electron chi connectivity index (χ4n) is 1.17. The maximum atomic E-state index is 8.44. The van der Waals surface area contributed by atoms with Gasteiger partial charge in [-0.25, -0.2) is 0 Å². The van der Waals surface area contributed by atoms with Crippen LogP contribution in [0.4, 0.5) is 0 Å². The van der Waals surface area contributed by atoms with Crippen LogP contribution in [0.3, 0.4) is 0 Å². The number of hydrogen-bond donors (Lipinski definition) is 0. The number of nitriles is 1. The highest BCUT2D eigenvalue weighted by molar-refractivity contribution is 7.99. The summed E-state index contributed by atoms with van der Waals surface area (Å²) in [5.41, 5.74) is 0. The molecular formula is C10H20N2S. The highest BCUT2D eigenvalue weighted by Crippen LogP contribution is 2.02. The molecule has 2 nitrogen and oxygen atoms in total. The lowest BCUT2D eigenvalue weighted by Crippen LogP contribution is -2.25. The van der Waals surface area contributed by atoms with E-state index in [0.29, 0.717) is 6.42 Å². The summed E-state index contributed by atoms with van der Waals surface area (Å²) in [5, 5.41) is 8.44. The highest BCUT2D eigenvalue weighted by Gasteiger charge is 2.00. The predicted octanol–water partition coefficient (Wildman–Crippen LogP) is 2.37. The molecule has 3 heteroatoms. The Kier molecular flexibility index (Phi) is 9.73. The molecule has 0 saturated carbocycles. The van der Waals surface area contributed by atoms with E-state index < -0.39 is 0 Å². The lowest BCUT2D eigenvalue weighted by atomic mass is 10.3. The van der Waals surface area contributed by atoms with Crippen LogP contribution in [0.1, 0.15) is 26.7 Å². The van der Waals surface area contributed by atoms with E-state index in [1.54, 1.807) is 0 Å². The molecule has 0 rings (SSSR count). The summed E-state index contributed by atoms with van der Waals surface area (Å²) in [5.74, 6) is 2.46. The second-order valence-electron chi connectivity index (χ2n) is 2.89. The van der Waals surface area contributed by atoms with Crippen molar-refractivity contribution in [2.24, 2.45) is 0 Å². The van der Waals surface area contributed by atoms with Gasteiger partial charge >= 0.3 is 0 Å². The van der Waals surface area contributed by atoms with Crippen molar-refractivity contribution >= 4 is 11.8 Å². The molecule has 0 spiro atoms. The van der Waals surface area contributed by atoms with E-state index in [1.165, 1.54) is 17.9 Å². The molecule has 0 bridgehead atoms. The zero-order chi connectivity index (χ0) is 9.94. The Balaban J connectivity index is 3.32. The van der Waals surface area contributed by atoms with Gasteiger partial charge in [0.05, 0.1) is 6.07 Å². The molecule has 0 aliphatic heterocycles. The van der Waals surface area contributed by atoms with Crippen molar-refractivity contribution in [3.63, 3.8) is 0 Å².